The summed E-state index contributed by atoms with van der Waals surface area (Å²) in [6.07, 6.45) is 1.80. The average molecular weight is 444 g/mol. The number of pyridine rings is 1. The molecule has 0 aliphatic carbocycles. The van der Waals surface area contributed by atoms with Crippen molar-refractivity contribution in [2.45, 2.75) is 25.8 Å². The lowest BCUT2D eigenvalue weighted by atomic mass is 10.0. The Kier molecular flexibility index (Phi) is 5.46. The number of aryl methyl sites for hydroxylation is 1. The standard InChI is InChI=1S/C26H25N3O4/c1-16-24-19(15-20(27-25(24)33-28-16)17-8-5-4-6-9-17)26(30)29-13-7-10-21(29)18-11-12-22(31-2)23(14-18)32-3/h4-6,8-9,11-12,14-15,21H,7,10,13H2,1-3H3/t21-/m1/s1. The van der Waals surface area contributed by atoms with Gasteiger partial charge in [-0.25, -0.2) is 4.98 Å². The van der Waals surface area contributed by atoms with Crippen LogP contribution in [0, 0.1) is 6.92 Å². The van der Waals surface area contributed by atoms with Gasteiger partial charge >= 0.3 is 0 Å². The van der Waals surface area contributed by atoms with E-state index in [1.165, 1.54) is 0 Å². The first-order chi connectivity index (χ1) is 16.1. The van der Waals surface area contributed by atoms with E-state index in [1.807, 2.05) is 66.4 Å². The third kappa shape index (κ3) is 3.69. The number of carbonyl (C=O) groups excluding carboxylic acids is 1. The summed E-state index contributed by atoms with van der Waals surface area (Å²) in [6.45, 7) is 2.51. The Morgan fingerprint density at radius 3 is 2.61 bits per heavy atom. The van der Waals surface area contributed by atoms with Crippen LogP contribution in [0.4, 0.5) is 0 Å². The SMILES string of the molecule is COc1ccc([C@H]2CCCN2C(=O)c2cc(-c3ccccc3)nc3onc(C)c23)cc1OC. The Hall–Kier alpha value is -3.87. The van der Waals surface area contributed by atoms with Crippen molar-refractivity contribution in [1.82, 2.24) is 15.0 Å². The summed E-state index contributed by atoms with van der Waals surface area (Å²) in [4.78, 5) is 20.5. The van der Waals surface area contributed by atoms with Crippen molar-refractivity contribution >= 4 is 17.0 Å². The van der Waals surface area contributed by atoms with Gasteiger partial charge in [0.05, 0.1) is 42.6 Å². The Morgan fingerprint density at radius 1 is 1.06 bits per heavy atom. The fourth-order valence-corrected chi connectivity index (χ4v) is 4.59. The van der Waals surface area contributed by atoms with Gasteiger partial charge in [0.1, 0.15) is 0 Å². The number of carbonyl (C=O) groups is 1. The smallest absolute Gasteiger partial charge is 0.259 e. The first-order valence-corrected chi connectivity index (χ1v) is 11.0. The number of hydrogen-bond donors (Lipinski definition) is 0. The summed E-state index contributed by atoms with van der Waals surface area (Å²) < 4.78 is 16.3. The number of benzene rings is 2. The average Bonchev–Trinajstić information content (AvgIpc) is 3.50. The minimum atomic E-state index is -0.0548. The Bertz CT molecular complexity index is 1320. The number of methoxy groups -OCH3 is 2. The molecule has 4 aromatic rings. The van der Waals surface area contributed by atoms with Crippen LogP contribution in [0.15, 0.2) is 59.1 Å². The number of fused-ring (bicyclic) bond motifs is 1. The molecule has 0 unspecified atom stereocenters. The van der Waals surface area contributed by atoms with Crippen molar-refractivity contribution in [3.05, 3.63) is 71.4 Å². The van der Waals surface area contributed by atoms with Gasteiger partial charge in [-0.05, 0) is 43.5 Å². The van der Waals surface area contributed by atoms with Gasteiger partial charge < -0.3 is 18.9 Å². The van der Waals surface area contributed by atoms with Gasteiger partial charge in [-0.15, -0.1) is 0 Å². The van der Waals surface area contributed by atoms with Crippen molar-refractivity contribution in [2.75, 3.05) is 20.8 Å². The van der Waals surface area contributed by atoms with E-state index in [0.717, 1.165) is 24.0 Å². The molecular weight excluding hydrogens is 418 g/mol. The van der Waals surface area contributed by atoms with Gasteiger partial charge in [-0.3, -0.25) is 4.79 Å². The van der Waals surface area contributed by atoms with E-state index in [1.54, 1.807) is 14.2 Å². The fourth-order valence-electron chi connectivity index (χ4n) is 4.59. The van der Waals surface area contributed by atoms with Crippen LogP contribution in [0.3, 0.4) is 0 Å². The van der Waals surface area contributed by atoms with Gasteiger partial charge in [0.15, 0.2) is 11.5 Å². The molecule has 7 heteroatoms. The lowest BCUT2D eigenvalue weighted by Crippen LogP contribution is -2.31. The lowest BCUT2D eigenvalue weighted by molar-refractivity contribution is 0.0737. The third-order valence-corrected chi connectivity index (χ3v) is 6.22. The van der Waals surface area contributed by atoms with Crippen molar-refractivity contribution in [1.29, 1.82) is 0 Å². The summed E-state index contributed by atoms with van der Waals surface area (Å²) in [7, 11) is 3.23. The van der Waals surface area contributed by atoms with Crippen molar-refractivity contribution in [2.24, 2.45) is 0 Å². The molecule has 1 amide bonds. The molecule has 1 saturated heterocycles. The molecule has 0 saturated carbocycles. The molecule has 3 heterocycles. The Balaban J connectivity index is 1.57. The minimum Gasteiger partial charge on any atom is -0.493 e. The molecule has 33 heavy (non-hydrogen) atoms. The van der Waals surface area contributed by atoms with Crippen LogP contribution in [0.25, 0.3) is 22.4 Å². The highest BCUT2D eigenvalue weighted by molar-refractivity contribution is 6.07. The molecule has 2 aromatic carbocycles. The van der Waals surface area contributed by atoms with E-state index >= 15 is 0 Å². The maximum Gasteiger partial charge on any atom is 0.259 e. The highest BCUT2D eigenvalue weighted by Crippen LogP contribution is 2.38. The molecule has 1 fully saturated rings. The zero-order chi connectivity index (χ0) is 22.9. The van der Waals surface area contributed by atoms with Crippen LogP contribution in [-0.2, 0) is 0 Å². The summed E-state index contributed by atoms with van der Waals surface area (Å²) >= 11 is 0. The number of nitrogens with zero attached hydrogens (tertiary/aromatic N) is 3. The Labute approximate surface area is 191 Å². The molecule has 1 aliphatic rings. The van der Waals surface area contributed by atoms with E-state index in [4.69, 9.17) is 14.0 Å². The van der Waals surface area contributed by atoms with Crippen LogP contribution in [-0.4, -0.2) is 41.7 Å². The molecule has 5 rings (SSSR count). The summed E-state index contributed by atoms with van der Waals surface area (Å²) in [6, 6.07) is 17.4. The molecule has 7 nitrogen and oxygen atoms in total. The largest absolute Gasteiger partial charge is 0.493 e. The number of amides is 1. The van der Waals surface area contributed by atoms with Gasteiger partial charge in [-0.2, -0.15) is 0 Å². The molecule has 168 valence electrons. The summed E-state index contributed by atoms with van der Waals surface area (Å²) in [5, 5.41) is 4.74. The van der Waals surface area contributed by atoms with Gasteiger partial charge in [0, 0.05) is 12.1 Å². The molecule has 2 aromatic heterocycles. The van der Waals surface area contributed by atoms with E-state index in [2.05, 4.69) is 10.1 Å². The molecule has 0 spiro atoms. The lowest BCUT2D eigenvalue weighted by Gasteiger charge is -2.26. The summed E-state index contributed by atoms with van der Waals surface area (Å²) in [5.74, 6) is 1.27. The predicted molar refractivity (Wildman–Crippen MR) is 125 cm³/mol. The maximum atomic E-state index is 13.9. The molecule has 0 radical (unpaired) electrons. The molecule has 0 N–H and O–H groups in total. The van der Waals surface area contributed by atoms with E-state index in [0.29, 0.717) is 46.1 Å². The third-order valence-electron chi connectivity index (χ3n) is 6.22. The van der Waals surface area contributed by atoms with Crippen molar-refractivity contribution < 1.29 is 18.8 Å². The first-order valence-electron chi connectivity index (χ1n) is 11.0. The topological polar surface area (TPSA) is 77.7 Å². The normalized spacial score (nSPS) is 15.7. The second kappa shape index (κ2) is 8.58. The van der Waals surface area contributed by atoms with Crippen LogP contribution < -0.4 is 9.47 Å². The van der Waals surface area contributed by atoms with Crippen LogP contribution in [0.1, 0.15) is 40.5 Å². The van der Waals surface area contributed by atoms with Gasteiger partial charge in [0.25, 0.3) is 11.6 Å². The quantitative estimate of drug-likeness (QED) is 0.422. The van der Waals surface area contributed by atoms with E-state index < -0.39 is 0 Å². The van der Waals surface area contributed by atoms with E-state index in [-0.39, 0.29) is 11.9 Å². The highest BCUT2D eigenvalue weighted by Gasteiger charge is 2.33. The van der Waals surface area contributed by atoms with Crippen LogP contribution in [0.5, 0.6) is 11.5 Å². The number of ether oxygens (including phenoxy) is 2. The van der Waals surface area contributed by atoms with Crippen LogP contribution >= 0.6 is 0 Å². The predicted octanol–water partition coefficient (Wildman–Crippen LogP) is 5.19. The molecule has 1 aliphatic heterocycles. The number of rotatable bonds is 5. The second-order valence-electron chi connectivity index (χ2n) is 8.14. The Morgan fingerprint density at radius 2 is 1.85 bits per heavy atom. The van der Waals surface area contributed by atoms with Gasteiger partial charge in [-0.1, -0.05) is 41.6 Å². The zero-order valence-electron chi connectivity index (χ0n) is 18.9. The van der Waals surface area contributed by atoms with E-state index in [9.17, 15) is 4.79 Å². The van der Waals surface area contributed by atoms with Gasteiger partial charge in [0.2, 0.25) is 0 Å². The maximum absolute atomic E-state index is 13.9. The number of hydrogen-bond acceptors (Lipinski definition) is 6. The van der Waals surface area contributed by atoms with Crippen molar-refractivity contribution in [3.63, 3.8) is 0 Å². The number of aromatic nitrogens is 2. The zero-order valence-corrected chi connectivity index (χ0v) is 18.9. The highest BCUT2D eigenvalue weighted by atomic mass is 16.5. The summed E-state index contributed by atoms with van der Waals surface area (Å²) in [5.41, 5.74) is 4.21. The molecule has 1 atom stereocenters. The minimum absolute atomic E-state index is 0.0526. The second-order valence-corrected chi connectivity index (χ2v) is 8.14. The molecular formula is C26H25N3O4. The molecule has 0 bridgehead atoms. The number of likely N-dealkylation sites (tertiary alicyclic amines) is 1. The monoisotopic (exact) mass is 443 g/mol. The first kappa shape index (κ1) is 21.0. The van der Waals surface area contributed by atoms with Crippen molar-refractivity contribution in [3.8, 4) is 22.8 Å². The fraction of sp³-hybridized carbons (Fsp3) is 0.269. The van der Waals surface area contributed by atoms with Crippen LogP contribution in [0.2, 0.25) is 0 Å².